The van der Waals surface area contributed by atoms with Crippen LogP contribution in [0.5, 0.6) is 0 Å². The zero-order valence-corrected chi connectivity index (χ0v) is 17.0. The van der Waals surface area contributed by atoms with Gasteiger partial charge in [0, 0.05) is 0 Å². The highest BCUT2D eigenvalue weighted by molar-refractivity contribution is 6.93. The van der Waals surface area contributed by atoms with E-state index in [1.807, 2.05) is 0 Å². The van der Waals surface area contributed by atoms with Crippen LogP contribution in [0, 0.1) is 0 Å². The summed E-state index contributed by atoms with van der Waals surface area (Å²) in [6.45, 7) is 22.2. The molecule has 126 valence electrons. The van der Waals surface area contributed by atoms with Crippen LogP contribution in [0.4, 0.5) is 0 Å². The highest BCUT2D eigenvalue weighted by Gasteiger charge is 2.56. The van der Waals surface area contributed by atoms with Crippen molar-refractivity contribution in [2.24, 2.45) is 0 Å². The zero-order chi connectivity index (χ0) is 17.7. The van der Waals surface area contributed by atoms with Gasteiger partial charge >= 0.3 is 7.12 Å². The Morgan fingerprint density at radius 1 is 1.00 bits per heavy atom. The van der Waals surface area contributed by atoms with Crippen LogP contribution in [-0.2, 0) is 9.31 Å². The third-order valence-electron chi connectivity index (χ3n) is 6.40. The molecule has 0 unspecified atom stereocenters. The Labute approximate surface area is 143 Å². The molecular formula is C19H31BO2Si. The summed E-state index contributed by atoms with van der Waals surface area (Å²) in [6, 6.07) is 10.8. The zero-order valence-electron chi connectivity index (χ0n) is 16.0. The van der Waals surface area contributed by atoms with Crippen molar-refractivity contribution in [3.05, 3.63) is 42.4 Å². The van der Waals surface area contributed by atoms with Crippen molar-refractivity contribution < 1.29 is 9.31 Å². The number of hydrogen-bond donors (Lipinski definition) is 0. The summed E-state index contributed by atoms with van der Waals surface area (Å²) in [4.78, 5) is 0. The summed E-state index contributed by atoms with van der Waals surface area (Å²) < 4.78 is 12.5. The Balaban J connectivity index is 2.32. The summed E-state index contributed by atoms with van der Waals surface area (Å²) in [5.74, 6) is 0. The van der Waals surface area contributed by atoms with E-state index in [9.17, 15) is 0 Å². The fourth-order valence-electron chi connectivity index (χ4n) is 2.90. The molecule has 1 aromatic rings. The summed E-state index contributed by atoms with van der Waals surface area (Å²) in [5.41, 5.74) is 0.404. The molecule has 0 aliphatic carbocycles. The Morgan fingerprint density at radius 2 is 1.43 bits per heavy atom. The molecule has 2 rings (SSSR count). The van der Waals surface area contributed by atoms with Gasteiger partial charge in [-0.05, 0) is 38.2 Å². The fraction of sp³-hybridized carbons (Fsp3) is 0.579. The van der Waals surface area contributed by atoms with E-state index in [1.54, 1.807) is 0 Å². The smallest absolute Gasteiger partial charge is 0.400 e. The van der Waals surface area contributed by atoms with E-state index in [0.29, 0.717) is 0 Å². The van der Waals surface area contributed by atoms with Crippen molar-refractivity contribution in [1.29, 1.82) is 0 Å². The third-order valence-corrected chi connectivity index (χ3v) is 11.6. The van der Waals surface area contributed by atoms with Gasteiger partial charge in [-0.3, -0.25) is 0 Å². The van der Waals surface area contributed by atoms with Crippen LogP contribution < -0.4 is 5.19 Å². The minimum Gasteiger partial charge on any atom is -0.400 e. The van der Waals surface area contributed by atoms with Gasteiger partial charge in [-0.15, -0.1) is 6.58 Å². The molecule has 0 amide bonds. The summed E-state index contributed by atoms with van der Waals surface area (Å²) in [5, 5.41) is 1.39. The molecule has 1 fully saturated rings. The molecule has 0 spiro atoms. The van der Waals surface area contributed by atoms with E-state index < -0.39 is 8.07 Å². The molecule has 1 aliphatic rings. The quantitative estimate of drug-likeness (QED) is 0.753. The van der Waals surface area contributed by atoms with Crippen LogP contribution in [0.1, 0.15) is 41.5 Å². The Hall–Kier alpha value is -0.838. The average Bonchev–Trinajstić information content (AvgIpc) is 2.67. The molecular weight excluding hydrogens is 299 g/mol. The van der Waals surface area contributed by atoms with Crippen molar-refractivity contribution in [2.45, 2.75) is 70.9 Å². The molecule has 0 bridgehead atoms. The van der Waals surface area contributed by atoms with Crippen LogP contribution >= 0.6 is 0 Å². The number of rotatable bonds is 4. The molecule has 1 saturated heterocycles. The van der Waals surface area contributed by atoms with Crippen molar-refractivity contribution in [2.75, 3.05) is 0 Å². The predicted octanol–water partition coefficient (Wildman–Crippen LogP) is 4.57. The van der Waals surface area contributed by atoms with Crippen LogP contribution in [0.2, 0.25) is 18.1 Å². The number of allylic oxidation sites excluding steroid dienone is 1. The van der Waals surface area contributed by atoms with Gasteiger partial charge < -0.3 is 9.31 Å². The maximum absolute atomic E-state index is 6.24. The van der Waals surface area contributed by atoms with Gasteiger partial charge in [0.2, 0.25) is 0 Å². The van der Waals surface area contributed by atoms with Crippen LogP contribution in [-0.4, -0.2) is 26.4 Å². The third kappa shape index (κ3) is 2.97. The van der Waals surface area contributed by atoms with E-state index >= 15 is 0 Å². The Morgan fingerprint density at radius 3 is 1.87 bits per heavy atom. The van der Waals surface area contributed by atoms with Crippen LogP contribution in [0.3, 0.4) is 0 Å². The molecule has 2 nitrogen and oxygen atoms in total. The SMILES string of the molecule is C=C(B1OC(C)(C)C(C)(C)O1)C(C)(C)[Si](C)(C)c1ccccc1. The van der Waals surface area contributed by atoms with Crippen molar-refractivity contribution in [1.82, 2.24) is 0 Å². The van der Waals surface area contributed by atoms with Gasteiger partial charge in [0.05, 0.1) is 19.3 Å². The first-order valence-electron chi connectivity index (χ1n) is 8.43. The standard InChI is InChI=1S/C19H31BO2Si/c1-15(20-21-18(4,5)19(6,7)22-20)17(2,3)23(8,9)16-13-11-10-12-14-16/h10-14H,1H2,2-9H3. The average molecular weight is 330 g/mol. The molecule has 1 heterocycles. The van der Waals surface area contributed by atoms with Gasteiger partial charge in [-0.1, -0.05) is 62.5 Å². The van der Waals surface area contributed by atoms with E-state index in [0.717, 1.165) is 5.47 Å². The van der Waals surface area contributed by atoms with Crippen LogP contribution in [0.25, 0.3) is 0 Å². The van der Waals surface area contributed by atoms with Crippen molar-refractivity contribution in [3.8, 4) is 0 Å². The minimum absolute atomic E-state index is 0.0461. The molecule has 0 atom stereocenters. The van der Waals surface area contributed by atoms with E-state index in [2.05, 4.69) is 91.5 Å². The molecule has 4 heteroatoms. The maximum Gasteiger partial charge on any atom is 0.490 e. The predicted molar refractivity (Wildman–Crippen MR) is 103 cm³/mol. The molecule has 0 saturated carbocycles. The lowest BCUT2D eigenvalue weighted by Crippen LogP contribution is -2.53. The molecule has 23 heavy (non-hydrogen) atoms. The van der Waals surface area contributed by atoms with Crippen molar-refractivity contribution in [3.63, 3.8) is 0 Å². The topological polar surface area (TPSA) is 18.5 Å². The monoisotopic (exact) mass is 330 g/mol. The fourth-order valence-corrected chi connectivity index (χ4v) is 5.57. The Kier molecular flexibility index (Phi) is 4.51. The first-order chi connectivity index (χ1) is 10.3. The van der Waals surface area contributed by atoms with E-state index in [4.69, 9.17) is 9.31 Å². The summed E-state index contributed by atoms with van der Waals surface area (Å²) in [7, 11) is -2.13. The number of hydrogen-bond acceptors (Lipinski definition) is 2. The van der Waals surface area contributed by atoms with E-state index in [1.165, 1.54) is 5.19 Å². The second-order valence-corrected chi connectivity index (χ2v) is 13.8. The lowest BCUT2D eigenvalue weighted by molar-refractivity contribution is 0.00578. The largest absolute Gasteiger partial charge is 0.490 e. The second-order valence-electron chi connectivity index (χ2n) is 8.73. The number of benzene rings is 1. The molecule has 1 aliphatic heterocycles. The van der Waals surface area contributed by atoms with Gasteiger partial charge in [-0.2, -0.15) is 0 Å². The van der Waals surface area contributed by atoms with Crippen molar-refractivity contribution >= 4 is 20.4 Å². The normalized spacial score (nSPS) is 20.6. The van der Waals surface area contributed by atoms with Gasteiger partial charge in [-0.25, -0.2) is 0 Å². The van der Waals surface area contributed by atoms with Gasteiger partial charge in [0.1, 0.15) is 0 Å². The second kappa shape index (κ2) is 5.61. The summed E-state index contributed by atoms with van der Waals surface area (Å²) in [6.07, 6.45) is 0. The highest BCUT2D eigenvalue weighted by atomic mass is 28.3. The maximum atomic E-state index is 6.24. The first-order valence-corrected chi connectivity index (χ1v) is 11.4. The Bertz CT molecular complexity index is 575. The van der Waals surface area contributed by atoms with Gasteiger partial charge in [0.25, 0.3) is 0 Å². The molecule has 0 aromatic heterocycles. The van der Waals surface area contributed by atoms with Gasteiger partial charge in [0.15, 0.2) is 0 Å². The molecule has 0 N–H and O–H groups in total. The van der Waals surface area contributed by atoms with E-state index in [-0.39, 0.29) is 23.4 Å². The van der Waals surface area contributed by atoms with Crippen LogP contribution in [0.15, 0.2) is 42.4 Å². The molecule has 0 radical (unpaired) electrons. The lowest BCUT2D eigenvalue weighted by atomic mass is 9.72. The minimum atomic E-state index is -1.79. The lowest BCUT2D eigenvalue weighted by Gasteiger charge is -2.42. The highest BCUT2D eigenvalue weighted by Crippen LogP contribution is 2.48. The summed E-state index contributed by atoms with van der Waals surface area (Å²) >= 11 is 0. The molecule has 1 aromatic carbocycles. The first kappa shape index (κ1) is 18.5.